The number of nitrogen functional groups attached to an aromatic ring is 1. The van der Waals surface area contributed by atoms with Crippen LogP contribution < -0.4 is 5.73 Å². The maximum atomic E-state index is 11.8. The first-order valence-corrected chi connectivity index (χ1v) is 5.56. The van der Waals surface area contributed by atoms with Crippen LogP contribution in [0.25, 0.3) is 0 Å². The number of carbonyl (C=O) groups excluding carboxylic acids is 2. The molecule has 0 aromatic carbocycles. The minimum atomic E-state index is 0.0289. The molecule has 0 unspecified atom stereocenters. The van der Waals surface area contributed by atoms with E-state index in [-0.39, 0.29) is 11.6 Å². The minimum absolute atomic E-state index is 0.0289. The van der Waals surface area contributed by atoms with Crippen molar-refractivity contribution in [1.29, 1.82) is 0 Å². The van der Waals surface area contributed by atoms with Crippen LogP contribution in [0.1, 0.15) is 51.4 Å². The highest BCUT2D eigenvalue weighted by molar-refractivity contribution is 6.11. The number of pyridine rings is 1. The van der Waals surface area contributed by atoms with E-state index in [9.17, 15) is 9.59 Å². The van der Waals surface area contributed by atoms with E-state index in [2.05, 4.69) is 4.98 Å². The molecule has 0 saturated heterocycles. The smallest absolute Gasteiger partial charge is 0.167 e. The van der Waals surface area contributed by atoms with Crippen LogP contribution in [0, 0.1) is 0 Å². The van der Waals surface area contributed by atoms with Gasteiger partial charge in [0.1, 0.15) is 0 Å². The zero-order valence-electron chi connectivity index (χ0n) is 8.88. The average Bonchev–Trinajstić information content (AvgIpc) is 2.60. The van der Waals surface area contributed by atoms with E-state index in [0.717, 1.165) is 24.2 Å². The topological polar surface area (TPSA) is 73.0 Å². The largest absolute Gasteiger partial charge is 0.397 e. The van der Waals surface area contributed by atoms with Crippen LogP contribution >= 0.6 is 0 Å². The van der Waals surface area contributed by atoms with Crippen LogP contribution in [0.4, 0.5) is 5.69 Å². The first-order chi connectivity index (χ1) is 7.68. The quantitative estimate of drug-likeness (QED) is 0.709. The predicted molar refractivity (Wildman–Crippen MR) is 58.6 cm³/mol. The molecule has 1 aromatic rings. The van der Waals surface area contributed by atoms with Gasteiger partial charge in [-0.25, -0.2) is 0 Å². The molecule has 16 heavy (non-hydrogen) atoms. The Morgan fingerprint density at radius 2 is 1.50 bits per heavy atom. The van der Waals surface area contributed by atoms with E-state index in [1.807, 2.05) is 0 Å². The van der Waals surface area contributed by atoms with Gasteiger partial charge in [0.2, 0.25) is 0 Å². The van der Waals surface area contributed by atoms with Crippen molar-refractivity contribution in [2.24, 2.45) is 0 Å². The summed E-state index contributed by atoms with van der Waals surface area (Å²) in [7, 11) is 0. The standard InChI is InChI=1S/C12H12N2O2/c13-12-10-6(2-1-3-8(10)15)14-7-4-5-9(16)11(7)12/h1-5H2,(H2,13,14). The molecular formula is C12H12N2O2. The molecule has 1 aromatic heterocycles. The monoisotopic (exact) mass is 216 g/mol. The van der Waals surface area contributed by atoms with Gasteiger partial charge >= 0.3 is 0 Å². The van der Waals surface area contributed by atoms with Gasteiger partial charge in [0.05, 0.1) is 28.2 Å². The number of hydrogen-bond donors (Lipinski definition) is 1. The van der Waals surface area contributed by atoms with E-state index in [1.54, 1.807) is 0 Å². The first-order valence-electron chi connectivity index (χ1n) is 5.56. The normalized spacial score (nSPS) is 18.5. The number of ketones is 2. The number of rotatable bonds is 0. The molecule has 4 heteroatoms. The average molecular weight is 216 g/mol. The summed E-state index contributed by atoms with van der Waals surface area (Å²) < 4.78 is 0. The van der Waals surface area contributed by atoms with Crippen LogP contribution in [0.2, 0.25) is 0 Å². The SMILES string of the molecule is Nc1c2c(nc3c1C(=O)CC3)CCCC2=O. The molecule has 0 radical (unpaired) electrons. The number of aromatic nitrogens is 1. The van der Waals surface area contributed by atoms with Gasteiger partial charge in [0, 0.05) is 12.8 Å². The second-order valence-corrected chi connectivity index (χ2v) is 4.37. The molecule has 4 nitrogen and oxygen atoms in total. The highest BCUT2D eigenvalue weighted by Crippen LogP contribution is 2.33. The Morgan fingerprint density at radius 1 is 0.875 bits per heavy atom. The molecule has 3 rings (SSSR count). The Labute approximate surface area is 92.9 Å². The van der Waals surface area contributed by atoms with Gasteiger partial charge in [-0.2, -0.15) is 0 Å². The molecule has 0 amide bonds. The Morgan fingerprint density at radius 3 is 2.25 bits per heavy atom. The third kappa shape index (κ3) is 1.13. The number of nitrogens with zero attached hydrogens (tertiary/aromatic N) is 1. The lowest BCUT2D eigenvalue weighted by atomic mass is 9.91. The van der Waals surface area contributed by atoms with Crippen LogP contribution in [0.3, 0.4) is 0 Å². The molecule has 2 N–H and O–H groups in total. The van der Waals surface area contributed by atoms with Crippen molar-refractivity contribution < 1.29 is 9.59 Å². The Bertz CT molecular complexity index is 520. The van der Waals surface area contributed by atoms with Crippen LogP contribution in [0.15, 0.2) is 0 Å². The lowest BCUT2D eigenvalue weighted by Gasteiger charge is -2.17. The van der Waals surface area contributed by atoms with Crippen molar-refractivity contribution in [3.8, 4) is 0 Å². The van der Waals surface area contributed by atoms with E-state index in [4.69, 9.17) is 5.73 Å². The summed E-state index contributed by atoms with van der Waals surface area (Å²) in [5, 5.41) is 0. The number of hydrogen-bond acceptors (Lipinski definition) is 4. The second kappa shape index (κ2) is 3.14. The molecule has 0 bridgehead atoms. The number of carbonyl (C=O) groups is 2. The van der Waals surface area contributed by atoms with Crippen molar-refractivity contribution in [1.82, 2.24) is 4.98 Å². The van der Waals surface area contributed by atoms with Crippen molar-refractivity contribution in [2.45, 2.75) is 32.1 Å². The van der Waals surface area contributed by atoms with E-state index >= 15 is 0 Å². The molecule has 1 heterocycles. The molecule has 0 spiro atoms. The molecular weight excluding hydrogens is 204 g/mol. The fourth-order valence-electron chi connectivity index (χ4n) is 2.59. The van der Waals surface area contributed by atoms with Crippen LogP contribution in [-0.4, -0.2) is 16.6 Å². The van der Waals surface area contributed by atoms with Gasteiger partial charge in [0.25, 0.3) is 0 Å². The fourth-order valence-corrected chi connectivity index (χ4v) is 2.59. The first kappa shape index (κ1) is 9.51. The van der Waals surface area contributed by atoms with E-state index < -0.39 is 0 Å². The van der Waals surface area contributed by atoms with Crippen LogP contribution in [0.5, 0.6) is 0 Å². The lowest BCUT2D eigenvalue weighted by Crippen LogP contribution is -2.18. The maximum Gasteiger partial charge on any atom is 0.167 e. The predicted octanol–water partition coefficient (Wildman–Crippen LogP) is 1.31. The Hall–Kier alpha value is -1.71. The number of Topliss-reactive ketones (excluding diaryl/α,β-unsaturated/α-hetero) is 2. The minimum Gasteiger partial charge on any atom is -0.397 e. The van der Waals surface area contributed by atoms with E-state index in [1.165, 1.54) is 0 Å². The van der Waals surface area contributed by atoms with Crippen molar-refractivity contribution in [2.75, 3.05) is 5.73 Å². The highest BCUT2D eigenvalue weighted by Gasteiger charge is 2.31. The molecule has 82 valence electrons. The fraction of sp³-hybridized carbons (Fsp3) is 0.417. The van der Waals surface area contributed by atoms with Gasteiger partial charge < -0.3 is 5.73 Å². The van der Waals surface area contributed by atoms with Gasteiger partial charge in [-0.05, 0) is 19.3 Å². The third-order valence-corrected chi connectivity index (χ3v) is 3.35. The summed E-state index contributed by atoms with van der Waals surface area (Å²) in [6.45, 7) is 0. The molecule has 0 saturated carbocycles. The summed E-state index contributed by atoms with van der Waals surface area (Å²) in [6, 6.07) is 0. The number of nitrogens with two attached hydrogens (primary N) is 1. The van der Waals surface area contributed by atoms with E-state index in [0.29, 0.717) is 36.1 Å². The summed E-state index contributed by atoms with van der Waals surface area (Å²) in [6.07, 6.45) is 3.30. The van der Waals surface area contributed by atoms with Gasteiger partial charge in [-0.1, -0.05) is 0 Å². The van der Waals surface area contributed by atoms with Gasteiger partial charge in [0.15, 0.2) is 11.6 Å². The van der Waals surface area contributed by atoms with Gasteiger partial charge in [-0.3, -0.25) is 14.6 Å². The molecule has 2 aliphatic rings. The lowest BCUT2D eigenvalue weighted by molar-refractivity contribution is 0.0972. The maximum absolute atomic E-state index is 11.8. The zero-order valence-corrected chi connectivity index (χ0v) is 8.88. The number of fused-ring (bicyclic) bond motifs is 2. The Balaban J connectivity index is 2.30. The summed E-state index contributed by atoms with van der Waals surface area (Å²) >= 11 is 0. The second-order valence-electron chi connectivity index (χ2n) is 4.37. The number of aryl methyl sites for hydroxylation is 2. The van der Waals surface area contributed by atoms with Crippen molar-refractivity contribution >= 4 is 17.3 Å². The summed E-state index contributed by atoms with van der Waals surface area (Å²) in [5.74, 6) is 0.0647. The van der Waals surface area contributed by atoms with Crippen molar-refractivity contribution in [3.63, 3.8) is 0 Å². The number of anilines is 1. The Kier molecular flexibility index (Phi) is 1.87. The molecule has 0 fully saturated rings. The van der Waals surface area contributed by atoms with Crippen LogP contribution in [-0.2, 0) is 12.8 Å². The highest BCUT2D eigenvalue weighted by atomic mass is 16.1. The zero-order chi connectivity index (χ0) is 11.3. The molecule has 0 atom stereocenters. The molecule has 2 aliphatic carbocycles. The van der Waals surface area contributed by atoms with Crippen molar-refractivity contribution in [3.05, 3.63) is 22.5 Å². The summed E-state index contributed by atoms with van der Waals surface area (Å²) in [4.78, 5) is 27.9. The third-order valence-electron chi connectivity index (χ3n) is 3.35. The van der Waals surface area contributed by atoms with Gasteiger partial charge in [-0.15, -0.1) is 0 Å². The molecule has 0 aliphatic heterocycles. The summed E-state index contributed by atoms with van der Waals surface area (Å²) in [5.41, 5.74) is 8.94.